The number of carbonyl (C=O) groups excluding carboxylic acids is 4. The van der Waals surface area contributed by atoms with Gasteiger partial charge in [-0.2, -0.15) is 0 Å². The van der Waals surface area contributed by atoms with E-state index in [1.807, 2.05) is 24.3 Å². The Labute approximate surface area is 284 Å². The van der Waals surface area contributed by atoms with E-state index in [2.05, 4.69) is 33.0 Å². The van der Waals surface area contributed by atoms with Crippen LogP contribution in [0.15, 0.2) is 60.2 Å². The highest BCUT2D eigenvalue weighted by atomic mass is 79.9. The fourth-order valence-corrected chi connectivity index (χ4v) is 10.0. The molecule has 5 aliphatic rings. The Morgan fingerprint density at radius 3 is 2.33 bits per heavy atom. The number of rotatable bonds is 5. The molecule has 4 amide bonds. The fraction of sp³-hybridized carbons (Fsp3) is 0.455. The quantitative estimate of drug-likeness (QED) is 0.191. The lowest BCUT2D eigenvalue weighted by Crippen LogP contribution is -2.60. The molecule has 2 aliphatic carbocycles. The van der Waals surface area contributed by atoms with E-state index in [9.17, 15) is 24.3 Å². The van der Waals surface area contributed by atoms with Gasteiger partial charge in [-0.1, -0.05) is 69.5 Å². The smallest absolute Gasteiger partial charge is 0.254 e. The van der Waals surface area contributed by atoms with Gasteiger partial charge in [0.15, 0.2) is 9.75 Å². The predicted octanol–water partition coefficient (Wildman–Crippen LogP) is 5.42. The van der Waals surface area contributed by atoms with Gasteiger partial charge in [-0.15, -0.1) is 23.2 Å². The van der Waals surface area contributed by atoms with E-state index in [4.69, 9.17) is 34.8 Å². The predicted molar refractivity (Wildman–Crippen MR) is 173 cm³/mol. The van der Waals surface area contributed by atoms with E-state index in [0.29, 0.717) is 23.4 Å². The van der Waals surface area contributed by atoms with Crippen molar-refractivity contribution in [2.75, 3.05) is 18.5 Å². The van der Waals surface area contributed by atoms with Gasteiger partial charge in [0.05, 0.1) is 17.3 Å². The summed E-state index contributed by atoms with van der Waals surface area (Å²) < 4.78 is 0. The van der Waals surface area contributed by atoms with E-state index in [0.717, 1.165) is 24.5 Å². The van der Waals surface area contributed by atoms with Crippen LogP contribution in [-0.4, -0.2) is 77.8 Å². The Balaban J connectivity index is 1.22. The molecule has 236 valence electrons. The third-order valence-corrected chi connectivity index (χ3v) is 12.7. The summed E-state index contributed by atoms with van der Waals surface area (Å²) in [4.78, 5) is 56.8. The zero-order chi connectivity index (χ0) is 31.8. The van der Waals surface area contributed by atoms with Crippen molar-refractivity contribution in [3.8, 4) is 5.75 Å². The van der Waals surface area contributed by atoms with E-state index in [1.54, 1.807) is 0 Å². The third-order valence-electron chi connectivity index (χ3n) is 10.5. The molecule has 0 spiro atoms. The average Bonchev–Trinajstić information content (AvgIpc) is 3.37. The average molecular weight is 736 g/mol. The summed E-state index contributed by atoms with van der Waals surface area (Å²) >= 11 is 24.1. The zero-order valence-electron chi connectivity index (χ0n) is 24.2. The number of carbonyl (C=O) groups is 4. The molecule has 45 heavy (non-hydrogen) atoms. The number of hydrogen-bond acceptors (Lipinski definition) is 6. The van der Waals surface area contributed by atoms with Crippen molar-refractivity contribution in [2.45, 2.75) is 53.9 Å². The summed E-state index contributed by atoms with van der Waals surface area (Å²) in [7, 11) is 0. The first-order valence-corrected chi connectivity index (χ1v) is 17.4. The lowest BCUT2D eigenvalue weighted by atomic mass is 9.56. The molecule has 4 fully saturated rings. The Kier molecular flexibility index (Phi) is 7.88. The van der Waals surface area contributed by atoms with Crippen molar-refractivity contribution in [2.24, 2.45) is 17.8 Å². The largest absolute Gasteiger partial charge is 0.508 e. The molecule has 0 bridgehead atoms. The number of benzene rings is 2. The first kappa shape index (κ1) is 31.2. The van der Waals surface area contributed by atoms with Crippen LogP contribution in [0, 0.1) is 17.8 Å². The minimum Gasteiger partial charge on any atom is -0.508 e. The number of piperidine rings is 1. The number of fused-ring (bicyclic) bond motifs is 4. The summed E-state index contributed by atoms with van der Waals surface area (Å²) in [6, 6.07) is 14.4. The normalized spacial score (nSPS) is 33.7. The van der Waals surface area contributed by atoms with Crippen LogP contribution in [0.5, 0.6) is 5.75 Å². The van der Waals surface area contributed by atoms with Crippen LogP contribution >= 0.6 is 50.7 Å². The van der Waals surface area contributed by atoms with Crippen LogP contribution in [0.4, 0.5) is 0 Å². The maximum atomic E-state index is 14.3. The van der Waals surface area contributed by atoms with Gasteiger partial charge in [-0.05, 0) is 55.4 Å². The minimum atomic E-state index is -1.99. The van der Waals surface area contributed by atoms with E-state index in [-0.39, 0.29) is 47.5 Å². The van der Waals surface area contributed by atoms with Crippen molar-refractivity contribution in [1.29, 1.82) is 0 Å². The number of alkyl halides is 3. The van der Waals surface area contributed by atoms with Crippen molar-refractivity contribution in [1.82, 2.24) is 14.7 Å². The third kappa shape index (κ3) is 4.55. The van der Waals surface area contributed by atoms with Gasteiger partial charge >= 0.3 is 0 Å². The highest BCUT2D eigenvalue weighted by Crippen LogP contribution is 2.66. The summed E-state index contributed by atoms with van der Waals surface area (Å²) in [5, 5.41) is 11.3. The molecule has 1 saturated carbocycles. The number of phenolic OH excluding ortho intramolecular Hbond substituents is 1. The van der Waals surface area contributed by atoms with Crippen molar-refractivity contribution < 1.29 is 24.3 Å². The van der Waals surface area contributed by atoms with Crippen molar-refractivity contribution in [3.05, 3.63) is 76.3 Å². The van der Waals surface area contributed by atoms with E-state index >= 15 is 0 Å². The number of phenols is 1. The second-order valence-electron chi connectivity index (χ2n) is 12.7. The van der Waals surface area contributed by atoms with Gasteiger partial charge in [0.2, 0.25) is 11.8 Å². The monoisotopic (exact) mass is 733 g/mol. The van der Waals surface area contributed by atoms with Crippen molar-refractivity contribution in [3.63, 3.8) is 0 Å². The molecule has 6 unspecified atom stereocenters. The van der Waals surface area contributed by atoms with Gasteiger partial charge in [0.1, 0.15) is 5.75 Å². The standard InChI is InChI=1S/C33H31BrCl3N3O5/c34-17-39-30(44)32(36)15-24-21(27(33(32,37)31(39)45)23-14-19(35)6-9-25(23)41)7-8-22-26(24)29(43)40(28(22)42)20-10-12-38(13-11-20)16-18-4-2-1-3-5-18/h1-7,9,14,20,22,24,26-27,41H,8,10-13,15-17H2. The molecule has 2 aromatic rings. The first-order chi connectivity index (χ1) is 21.5. The molecule has 3 saturated heterocycles. The van der Waals surface area contributed by atoms with Gasteiger partial charge in [0.25, 0.3) is 11.8 Å². The van der Waals surface area contributed by atoms with Gasteiger partial charge in [-0.3, -0.25) is 33.9 Å². The maximum absolute atomic E-state index is 14.3. The van der Waals surface area contributed by atoms with Crippen molar-refractivity contribution >= 4 is 74.4 Å². The van der Waals surface area contributed by atoms with Crippen LogP contribution in [-0.2, 0) is 25.7 Å². The second kappa shape index (κ2) is 11.4. The molecule has 3 aliphatic heterocycles. The molecule has 12 heteroatoms. The molecular weight excluding hydrogens is 705 g/mol. The van der Waals surface area contributed by atoms with E-state index in [1.165, 1.54) is 28.7 Å². The Morgan fingerprint density at radius 2 is 1.64 bits per heavy atom. The number of hydrogen-bond donors (Lipinski definition) is 1. The van der Waals surface area contributed by atoms with Gasteiger partial charge in [0, 0.05) is 42.2 Å². The van der Waals surface area contributed by atoms with Gasteiger partial charge < -0.3 is 5.11 Å². The molecule has 0 aromatic heterocycles. The fourth-order valence-electron chi connectivity index (χ4n) is 8.42. The van der Waals surface area contributed by atoms with Gasteiger partial charge in [-0.25, -0.2) is 0 Å². The number of likely N-dealkylation sites (tertiary alicyclic amines) is 3. The Hall–Kier alpha value is -2.43. The summed E-state index contributed by atoms with van der Waals surface area (Å²) in [5.74, 6) is -5.08. The first-order valence-electron chi connectivity index (χ1n) is 15.1. The SMILES string of the molecule is O=C1C2CC=C3C(CC4(Cl)C(=O)N(CBr)C(=O)C4(Cl)C3c3cc(Cl)ccc3O)C2C(=O)N1C1CCN(Cc2ccccc2)CC1. The number of imide groups is 2. The molecule has 1 N–H and O–H groups in total. The molecule has 0 radical (unpaired) electrons. The minimum absolute atomic E-state index is 0.0979. The number of aromatic hydroxyl groups is 1. The summed E-state index contributed by atoms with van der Waals surface area (Å²) in [6.45, 7) is 2.32. The maximum Gasteiger partial charge on any atom is 0.254 e. The topological polar surface area (TPSA) is 98.2 Å². The Morgan fingerprint density at radius 1 is 0.933 bits per heavy atom. The Bertz CT molecular complexity index is 1630. The number of halogens is 4. The number of allylic oxidation sites excluding steroid dienone is 2. The van der Waals surface area contributed by atoms with Crippen LogP contribution < -0.4 is 0 Å². The van der Waals surface area contributed by atoms with Crippen LogP contribution in [0.25, 0.3) is 0 Å². The van der Waals surface area contributed by atoms with Crippen LogP contribution in [0.2, 0.25) is 5.02 Å². The number of amides is 4. The van der Waals surface area contributed by atoms with Crippen LogP contribution in [0.3, 0.4) is 0 Å². The van der Waals surface area contributed by atoms with Crippen LogP contribution in [0.1, 0.15) is 42.7 Å². The highest BCUT2D eigenvalue weighted by Gasteiger charge is 2.76. The summed E-state index contributed by atoms with van der Waals surface area (Å²) in [5.41, 5.74) is 1.97. The lowest BCUT2D eigenvalue weighted by molar-refractivity contribution is -0.144. The lowest BCUT2D eigenvalue weighted by Gasteiger charge is -2.50. The molecule has 8 nitrogen and oxygen atoms in total. The summed E-state index contributed by atoms with van der Waals surface area (Å²) in [6.07, 6.45) is 3.38. The molecule has 3 heterocycles. The highest BCUT2D eigenvalue weighted by molar-refractivity contribution is 9.09. The molecule has 6 atom stereocenters. The molecular formula is C33H31BrCl3N3O5. The second-order valence-corrected chi connectivity index (χ2v) is 14.9. The van der Waals surface area contributed by atoms with E-state index < -0.39 is 45.2 Å². The molecule has 7 rings (SSSR count). The molecule has 2 aromatic carbocycles. The zero-order valence-corrected chi connectivity index (χ0v) is 28.0. The number of nitrogens with zero attached hydrogens (tertiary/aromatic N) is 3.